The molecule has 1 unspecified atom stereocenters. The van der Waals surface area contributed by atoms with Crippen molar-refractivity contribution in [3.05, 3.63) is 27.9 Å². The molecule has 9 heteroatoms. The molecule has 0 spiro atoms. The van der Waals surface area contributed by atoms with Gasteiger partial charge in [0.05, 0.1) is 22.0 Å². The van der Waals surface area contributed by atoms with E-state index in [1.54, 1.807) is 6.07 Å². The quantitative estimate of drug-likeness (QED) is 0.647. The summed E-state index contributed by atoms with van der Waals surface area (Å²) in [7, 11) is -3.11. The fourth-order valence-corrected chi connectivity index (χ4v) is 3.73. The van der Waals surface area contributed by atoms with Crippen LogP contribution in [0.5, 0.6) is 0 Å². The maximum Gasteiger partial charge on any atom is 0.312 e. The second-order valence-corrected chi connectivity index (χ2v) is 6.79. The summed E-state index contributed by atoms with van der Waals surface area (Å²) in [5, 5.41) is 22.5. The molecule has 106 valence electrons. The van der Waals surface area contributed by atoms with Crippen LogP contribution >= 0.6 is 0 Å². The minimum Gasteiger partial charge on any atom is -0.361 e. The molecule has 20 heavy (non-hydrogen) atoms. The maximum atomic E-state index is 11.5. The molecular formula is C11H12N4O4S. The average molecular weight is 296 g/mol. The zero-order valence-electron chi connectivity index (χ0n) is 10.4. The highest BCUT2D eigenvalue weighted by Gasteiger charge is 2.27. The largest absolute Gasteiger partial charge is 0.361 e. The first-order valence-corrected chi connectivity index (χ1v) is 7.75. The molecule has 1 fully saturated rings. The molecule has 1 aliphatic heterocycles. The number of aromatic nitrogens is 1. The lowest BCUT2D eigenvalue weighted by molar-refractivity contribution is -0.384. The van der Waals surface area contributed by atoms with Gasteiger partial charge in [-0.2, -0.15) is 5.26 Å². The van der Waals surface area contributed by atoms with Crippen LogP contribution in [0, 0.1) is 21.4 Å². The summed E-state index contributed by atoms with van der Waals surface area (Å²) in [6, 6.07) is 2.50. The Morgan fingerprint density at radius 3 is 2.90 bits per heavy atom. The Bertz CT molecular complexity index is 680. The lowest BCUT2D eigenvalue weighted by Crippen LogP contribution is -2.35. The second-order valence-electron chi connectivity index (χ2n) is 4.56. The number of sulfone groups is 1. The molecule has 0 aliphatic carbocycles. The van der Waals surface area contributed by atoms with Crippen LogP contribution in [-0.2, 0) is 9.84 Å². The minimum absolute atomic E-state index is 0.00361. The van der Waals surface area contributed by atoms with E-state index in [0.717, 1.165) is 6.07 Å². The standard InChI is InChI=1S/C11H12N4O4S/c12-5-8-4-10(15(16)17)11(13-6-8)14-9-2-1-3-20(18,19)7-9/h4,6,9H,1-3,7H2,(H,13,14). The highest BCUT2D eigenvalue weighted by Crippen LogP contribution is 2.25. The lowest BCUT2D eigenvalue weighted by atomic mass is 10.2. The van der Waals surface area contributed by atoms with E-state index in [0.29, 0.717) is 12.8 Å². The minimum atomic E-state index is -3.11. The molecule has 1 atom stereocenters. The third-order valence-electron chi connectivity index (χ3n) is 3.00. The van der Waals surface area contributed by atoms with Gasteiger partial charge in [0.1, 0.15) is 6.07 Å². The van der Waals surface area contributed by atoms with Gasteiger partial charge in [-0.05, 0) is 12.8 Å². The summed E-state index contributed by atoms with van der Waals surface area (Å²) in [5.74, 6) is 0.0796. The van der Waals surface area contributed by atoms with Crippen molar-refractivity contribution in [2.75, 3.05) is 16.8 Å². The first-order valence-electron chi connectivity index (χ1n) is 5.93. The van der Waals surface area contributed by atoms with E-state index in [1.807, 2.05) is 0 Å². The number of pyridine rings is 1. The van der Waals surface area contributed by atoms with Crippen LogP contribution < -0.4 is 5.32 Å². The molecule has 1 N–H and O–H groups in total. The molecule has 0 bridgehead atoms. The van der Waals surface area contributed by atoms with Gasteiger partial charge in [-0.15, -0.1) is 0 Å². The number of rotatable bonds is 3. The smallest absolute Gasteiger partial charge is 0.312 e. The van der Waals surface area contributed by atoms with Crippen molar-refractivity contribution in [1.82, 2.24) is 4.98 Å². The summed E-state index contributed by atoms with van der Waals surface area (Å²) in [4.78, 5) is 14.2. The first kappa shape index (κ1) is 14.2. The van der Waals surface area contributed by atoms with E-state index in [9.17, 15) is 18.5 Å². The van der Waals surface area contributed by atoms with Gasteiger partial charge >= 0.3 is 5.69 Å². The van der Waals surface area contributed by atoms with Gasteiger partial charge in [0.15, 0.2) is 9.84 Å². The van der Waals surface area contributed by atoms with Crippen LogP contribution in [0.15, 0.2) is 12.3 Å². The summed E-state index contributed by atoms with van der Waals surface area (Å²) < 4.78 is 23.1. The van der Waals surface area contributed by atoms with Gasteiger partial charge < -0.3 is 5.32 Å². The maximum absolute atomic E-state index is 11.5. The Morgan fingerprint density at radius 2 is 2.30 bits per heavy atom. The Kier molecular flexibility index (Phi) is 3.85. The number of nitrogens with zero attached hydrogens (tertiary/aromatic N) is 3. The predicted octanol–water partition coefficient (Wildman–Crippen LogP) is 0.851. The molecule has 1 saturated heterocycles. The number of nitrogens with one attached hydrogen (secondary N) is 1. The van der Waals surface area contributed by atoms with Crippen molar-refractivity contribution in [3.63, 3.8) is 0 Å². The van der Waals surface area contributed by atoms with Gasteiger partial charge in [0, 0.05) is 18.3 Å². The van der Waals surface area contributed by atoms with Crippen molar-refractivity contribution in [3.8, 4) is 6.07 Å². The normalized spacial score (nSPS) is 20.9. The average Bonchev–Trinajstić information content (AvgIpc) is 2.37. The molecule has 2 rings (SSSR count). The van der Waals surface area contributed by atoms with Crippen molar-refractivity contribution in [2.45, 2.75) is 18.9 Å². The third-order valence-corrected chi connectivity index (χ3v) is 4.82. The number of hydrogen-bond acceptors (Lipinski definition) is 7. The van der Waals surface area contributed by atoms with Crippen LogP contribution in [-0.4, -0.2) is 35.9 Å². The molecule has 8 nitrogen and oxygen atoms in total. The van der Waals surface area contributed by atoms with E-state index in [1.165, 1.54) is 6.20 Å². The number of hydrogen-bond donors (Lipinski definition) is 1. The van der Waals surface area contributed by atoms with Crippen molar-refractivity contribution in [2.24, 2.45) is 0 Å². The zero-order valence-corrected chi connectivity index (χ0v) is 11.3. The van der Waals surface area contributed by atoms with E-state index >= 15 is 0 Å². The van der Waals surface area contributed by atoms with Gasteiger partial charge in [-0.1, -0.05) is 0 Å². The van der Waals surface area contributed by atoms with Crippen molar-refractivity contribution < 1.29 is 13.3 Å². The molecular weight excluding hydrogens is 284 g/mol. The fourth-order valence-electron chi connectivity index (χ4n) is 2.09. The predicted molar refractivity (Wildman–Crippen MR) is 70.9 cm³/mol. The van der Waals surface area contributed by atoms with Gasteiger partial charge in [-0.25, -0.2) is 13.4 Å². The SMILES string of the molecule is N#Cc1cnc(NC2CCCS(=O)(=O)C2)c([N+](=O)[O-])c1. The molecule has 0 amide bonds. The van der Waals surface area contributed by atoms with Crippen molar-refractivity contribution in [1.29, 1.82) is 5.26 Å². The summed E-state index contributed by atoms with van der Waals surface area (Å²) in [6.45, 7) is 0. The second kappa shape index (κ2) is 5.42. The molecule has 1 aliphatic rings. The highest BCUT2D eigenvalue weighted by molar-refractivity contribution is 7.91. The Balaban J connectivity index is 2.25. The van der Waals surface area contributed by atoms with Crippen LogP contribution in [0.25, 0.3) is 0 Å². The van der Waals surface area contributed by atoms with E-state index in [-0.39, 0.29) is 28.6 Å². The van der Waals surface area contributed by atoms with E-state index in [2.05, 4.69) is 10.3 Å². The monoisotopic (exact) mass is 296 g/mol. The molecule has 1 aromatic rings. The summed E-state index contributed by atoms with van der Waals surface area (Å²) >= 11 is 0. The lowest BCUT2D eigenvalue weighted by Gasteiger charge is -2.23. The summed E-state index contributed by atoms with van der Waals surface area (Å²) in [5.41, 5.74) is -0.245. The van der Waals surface area contributed by atoms with Crippen LogP contribution in [0.1, 0.15) is 18.4 Å². The summed E-state index contributed by atoms with van der Waals surface area (Å²) in [6.07, 6.45) is 2.34. The molecule has 0 radical (unpaired) electrons. The van der Waals surface area contributed by atoms with Crippen LogP contribution in [0.4, 0.5) is 11.5 Å². The van der Waals surface area contributed by atoms with E-state index in [4.69, 9.17) is 5.26 Å². The van der Waals surface area contributed by atoms with Gasteiger partial charge in [-0.3, -0.25) is 10.1 Å². The molecule has 1 aromatic heterocycles. The molecule has 2 heterocycles. The zero-order chi connectivity index (χ0) is 14.8. The van der Waals surface area contributed by atoms with Crippen LogP contribution in [0.2, 0.25) is 0 Å². The van der Waals surface area contributed by atoms with Gasteiger partial charge in [0.2, 0.25) is 5.82 Å². The Hall–Kier alpha value is -2.21. The van der Waals surface area contributed by atoms with E-state index < -0.39 is 20.8 Å². The molecule has 0 saturated carbocycles. The van der Waals surface area contributed by atoms with Crippen LogP contribution in [0.3, 0.4) is 0 Å². The number of nitriles is 1. The topological polar surface area (TPSA) is 126 Å². The number of anilines is 1. The first-order chi connectivity index (χ1) is 9.41. The number of nitro groups is 1. The Morgan fingerprint density at radius 1 is 1.55 bits per heavy atom. The fraction of sp³-hybridized carbons (Fsp3) is 0.455. The third kappa shape index (κ3) is 3.21. The molecule has 0 aromatic carbocycles. The van der Waals surface area contributed by atoms with Crippen molar-refractivity contribution >= 4 is 21.3 Å². The van der Waals surface area contributed by atoms with Gasteiger partial charge in [0.25, 0.3) is 0 Å². The highest BCUT2D eigenvalue weighted by atomic mass is 32.2. The Labute approximate surface area is 115 Å².